The number of piperazine rings is 1. The van der Waals surface area contributed by atoms with E-state index >= 15 is 0 Å². The van der Waals surface area contributed by atoms with E-state index in [9.17, 15) is 17.6 Å². The number of aryl methyl sites for hydroxylation is 1. The van der Waals surface area contributed by atoms with E-state index in [1.54, 1.807) is 22.8 Å². The van der Waals surface area contributed by atoms with Gasteiger partial charge < -0.3 is 4.90 Å². The van der Waals surface area contributed by atoms with Crippen molar-refractivity contribution in [2.75, 3.05) is 26.2 Å². The number of rotatable bonds is 4. The largest absolute Gasteiger partial charge is 0.336 e. The smallest absolute Gasteiger partial charge is 0.253 e. The Kier molecular flexibility index (Phi) is 5.44. The summed E-state index contributed by atoms with van der Waals surface area (Å²) in [5.41, 5.74) is 0.845. The first-order valence-electron chi connectivity index (χ1n) is 7.97. The van der Waals surface area contributed by atoms with Gasteiger partial charge in [-0.25, -0.2) is 12.8 Å². The molecule has 0 aliphatic carbocycles. The van der Waals surface area contributed by atoms with Crippen molar-refractivity contribution in [1.82, 2.24) is 19.0 Å². The van der Waals surface area contributed by atoms with Crippen LogP contribution in [0.15, 0.2) is 34.9 Å². The van der Waals surface area contributed by atoms with E-state index in [1.807, 2.05) is 0 Å². The molecule has 1 aromatic carbocycles. The predicted octanol–water partition coefficient (Wildman–Crippen LogP) is 1.61. The van der Waals surface area contributed by atoms with Crippen molar-refractivity contribution >= 4 is 31.9 Å². The molecule has 0 bridgehead atoms. The minimum absolute atomic E-state index is 0.194. The number of halogens is 2. The molecule has 0 radical (unpaired) electrons. The Bertz CT molecular complexity index is 906. The standard InChI is InChI=1S/C16H18BrFN4O3S/c1-20-10-14(17)15(19-20)11-26(24,25)22-8-6-21(7-9-22)16(23)12-2-4-13(18)5-3-12/h2-5,10H,6-9,11H2,1H3. The Morgan fingerprint density at radius 3 is 2.35 bits per heavy atom. The zero-order chi connectivity index (χ0) is 18.9. The fourth-order valence-electron chi connectivity index (χ4n) is 2.81. The number of amides is 1. The monoisotopic (exact) mass is 444 g/mol. The highest BCUT2D eigenvalue weighted by Crippen LogP contribution is 2.20. The number of nitrogens with zero attached hydrogens (tertiary/aromatic N) is 4. The van der Waals surface area contributed by atoms with Crippen LogP contribution in [0, 0.1) is 5.82 Å². The molecule has 7 nitrogen and oxygen atoms in total. The molecule has 2 heterocycles. The molecule has 0 unspecified atom stereocenters. The zero-order valence-electron chi connectivity index (χ0n) is 14.1. The summed E-state index contributed by atoms with van der Waals surface area (Å²) < 4.78 is 41.8. The third-order valence-corrected chi connectivity index (χ3v) is 6.64. The van der Waals surface area contributed by atoms with Gasteiger partial charge in [0.1, 0.15) is 11.6 Å². The number of carbonyl (C=O) groups excluding carboxylic acids is 1. The maximum absolute atomic E-state index is 13.0. The second-order valence-corrected chi connectivity index (χ2v) is 8.88. The zero-order valence-corrected chi connectivity index (χ0v) is 16.5. The van der Waals surface area contributed by atoms with Gasteiger partial charge >= 0.3 is 0 Å². The van der Waals surface area contributed by atoms with E-state index in [1.165, 1.54) is 28.6 Å². The molecule has 3 rings (SSSR count). The Morgan fingerprint density at radius 1 is 1.19 bits per heavy atom. The molecule has 0 saturated carbocycles. The number of benzene rings is 1. The third kappa shape index (κ3) is 4.13. The van der Waals surface area contributed by atoms with Gasteiger partial charge in [0.2, 0.25) is 10.0 Å². The number of hydrogen-bond donors (Lipinski definition) is 0. The molecule has 1 aliphatic rings. The van der Waals surface area contributed by atoms with Crippen molar-refractivity contribution in [3.8, 4) is 0 Å². The average molecular weight is 445 g/mol. The van der Waals surface area contributed by atoms with Gasteiger partial charge in [-0.05, 0) is 40.2 Å². The lowest BCUT2D eigenvalue weighted by Crippen LogP contribution is -2.50. The summed E-state index contributed by atoms with van der Waals surface area (Å²) in [6.07, 6.45) is 1.70. The third-order valence-electron chi connectivity index (χ3n) is 4.18. The van der Waals surface area contributed by atoms with Gasteiger partial charge in [-0.3, -0.25) is 9.48 Å². The molecular weight excluding hydrogens is 427 g/mol. The van der Waals surface area contributed by atoms with E-state index in [0.29, 0.717) is 28.8 Å². The second kappa shape index (κ2) is 7.45. The van der Waals surface area contributed by atoms with Crippen molar-refractivity contribution in [2.45, 2.75) is 5.75 Å². The quantitative estimate of drug-likeness (QED) is 0.717. The SMILES string of the molecule is Cn1cc(Br)c(CS(=O)(=O)N2CCN(C(=O)c3ccc(F)cc3)CC2)n1. The topological polar surface area (TPSA) is 75.5 Å². The summed E-state index contributed by atoms with van der Waals surface area (Å²) in [6, 6.07) is 5.33. The molecule has 1 amide bonds. The lowest BCUT2D eigenvalue weighted by Gasteiger charge is -2.34. The van der Waals surface area contributed by atoms with Crippen LogP contribution in [-0.2, 0) is 22.8 Å². The highest BCUT2D eigenvalue weighted by atomic mass is 79.9. The Labute approximate surface area is 159 Å². The van der Waals surface area contributed by atoms with E-state index in [0.717, 1.165) is 0 Å². The fraction of sp³-hybridized carbons (Fsp3) is 0.375. The molecule has 0 atom stereocenters. The Morgan fingerprint density at radius 2 is 1.81 bits per heavy atom. The highest BCUT2D eigenvalue weighted by molar-refractivity contribution is 9.10. The van der Waals surface area contributed by atoms with Gasteiger partial charge in [0.05, 0.1) is 10.2 Å². The van der Waals surface area contributed by atoms with Crippen molar-refractivity contribution in [2.24, 2.45) is 7.05 Å². The lowest BCUT2D eigenvalue weighted by molar-refractivity contribution is 0.0697. The first kappa shape index (κ1) is 19.0. The number of hydrogen-bond acceptors (Lipinski definition) is 4. The normalized spacial score (nSPS) is 16.0. The molecule has 26 heavy (non-hydrogen) atoms. The lowest BCUT2D eigenvalue weighted by atomic mass is 10.2. The minimum Gasteiger partial charge on any atom is -0.336 e. The molecule has 1 aliphatic heterocycles. The van der Waals surface area contributed by atoms with Crippen molar-refractivity contribution in [1.29, 1.82) is 0 Å². The van der Waals surface area contributed by atoms with Gasteiger partial charge in [-0.15, -0.1) is 0 Å². The second-order valence-electron chi connectivity index (χ2n) is 6.05. The summed E-state index contributed by atoms with van der Waals surface area (Å²) in [7, 11) is -1.80. The van der Waals surface area contributed by atoms with Crippen molar-refractivity contribution < 1.29 is 17.6 Å². The number of aromatic nitrogens is 2. The van der Waals surface area contributed by atoms with Gasteiger partial charge in [0.25, 0.3) is 5.91 Å². The average Bonchev–Trinajstić information content (AvgIpc) is 2.91. The van der Waals surface area contributed by atoms with Crippen molar-refractivity contribution in [3.63, 3.8) is 0 Å². The van der Waals surface area contributed by atoms with Gasteiger partial charge in [-0.1, -0.05) is 0 Å². The van der Waals surface area contributed by atoms with Crippen LogP contribution in [0.25, 0.3) is 0 Å². The minimum atomic E-state index is -3.52. The summed E-state index contributed by atoms with van der Waals surface area (Å²) in [4.78, 5) is 14.0. The van der Waals surface area contributed by atoms with E-state index in [-0.39, 0.29) is 24.7 Å². The Hall–Kier alpha value is -1.78. The van der Waals surface area contributed by atoms with E-state index in [4.69, 9.17) is 0 Å². The van der Waals surface area contributed by atoms with Crippen LogP contribution in [0.5, 0.6) is 0 Å². The first-order chi connectivity index (χ1) is 12.3. The van der Waals surface area contributed by atoms with Gasteiger partial charge in [0, 0.05) is 45.0 Å². The van der Waals surface area contributed by atoms with Crippen LogP contribution >= 0.6 is 15.9 Å². The van der Waals surface area contributed by atoms with Crippen LogP contribution in [0.3, 0.4) is 0 Å². The van der Waals surface area contributed by atoms with Gasteiger partial charge in [-0.2, -0.15) is 9.40 Å². The van der Waals surface area contributed by atoms with E-state index < -0.39 is 15.8 Å². The van der Waals surface area contributed by atoms with E-state index in [2.05, 4.69) is 21.0 Å². The van der Waals surface area contributed by atoms with Crippen LogP contribution in [0.2, 0.25) is 0 Å². The van der Waals surface area contributed by atoms with Crippen LogP contribution in [0.4, 0.5) is 4.39 Å². The molecule has 2 aromatic rings. The molecule has 1 saturated heterocycles. The number of carbonyl (C=O) groups is 1. The molecule has 140 valence electrons. The molecular formula is C16H18BrFN4O3S. The van der Waals surface area contributed by atoms with Crippen LogP contribution in [-0.4, -0.2) is 59.5 Å². The van der Waals surface area contributed by atoms with Crippen molar-refractivity contribution in [3.05, 3.63) is 52.0 Å². The first-order valence-corrected chi connectivity index (χ1v) is 10.4. The van der Waals surface area contributed by atoms with Crippen LogP contribution in [0.1, 0.15) is 16.1 Å². The summed E-state index contributed by atoms with van der Waals surface area (Å²) in [6.45, 7) is 1.02. The summed E-state index contributed by atoms with van der Waals surface area (Å²) in [5.74, 6) is -0.826. The molecule has 10 heteroatoms. The van der Waals surface area contributed by atoms with Gasteiger partial charge in [0.15, 0.2) is 0 Å². The molecule has 0 spiro atoms. The predicted molar refractivity (Wildman–Crippen MR) is 97.4 cm³/mol. The summed E-state index contributed by atoms with van der Waals surface area (Å²) >= 11 is 3.31. The van der Waals surface area contributed by atoms with Crippen LogP contribution < -0.4 is 0 Å². The highest BCUT2D eigenvalue weighted by Gasteiger charge is 2.30. The summed E-state index contributed by atoms with van der Waals surface area (Å²) in [5, 5.41) is 4.15. The Balaban J connectivity index is 1.63. The molecule has 1 fully saturated rings. The maximum atomic E-state index is 13.0. The number of sulfonamides is 1. The molecule has 1 aromatic heterocycles. The maximum Gasteiger partial charge on any atom is 0.253 e. The molecule has 0 N–H and O–H groups in total. The fourth-order valence-corrected chi connectivity index (χ4v) is 4.97.